The smallest absolute Gasteiger partial charge is 0.252 e. The molecule has 1 aliphatic carbocycles. The van der Waals surface area contributed by atoms with Gasteiger partial charge in [0.2, 0.25) is 5.91 Å². The molecular formula is C19H29N3O3S2. The van der Waals surface area contributed by atoms with Crippen LogP contribution in [-0.2, 0) is 14.8 Å². The lowest BCUT2D eigenvalue weighted by Gasteiger charge is -2.42. The molecule has 0 bridgehead atoms. The van der Waals surface area contributed by atoms with Crippen molar-refractivity contribution in [2.24, 2.45) is 11.8 Å². The third-order valence-corrected chi connectivity index (χ3v) is 9.69. The molecule has 0 aromatic carbocycles. The number of thiophene rings is 1. The molecule has 27 heavy (non-hydrogen) atoms. The Labute approximate surface area is 166 Å². The lowest BCUT2D eigenvalue weighted by Crippen LogP contribution is -2.53. The van der Waals surface area contributed by atoms with Crippen LogP contribution in [0.3, 0.4) is 0 Å². The Morgan fingerprint density at radius 1 is 1.04 bits per heavy atom. The van der Waals surface area contributed by atoms with Crippen LogP contribution < -0.4 is 0 Å². The topological polar surface area (TPSA) is 60.9 Å². The summed E-state index contributed by atoms with van der Waals surface area (Å²) >= 11 is 1.26. The van der Waals surface area contributed by atoms with Crippen molar-refractivity contribution in [1.29, 1.82) is 0 Å². The van der Waals surface area contributed by atoms with Crippen LogP contribution in [0, 0.1) is 11.8 Å². The SMILES string of the molecule is O=C(CN1CCN(S(=O)(=O)c2cccs2)CC1)N1CC[C@@H]2CCCC[C@@H]2C1. The fourth-order valence-electron chi connectivity index (χ4n) is 4.78. The summed E-state index contributed by atoms with van der Waals surface area (Å²) in [5.41, 5.74) is 0. The Balaban J connectivity index is 1.27. The van der Waals surface area contributed by atoms with E-state index in [1.165, 1.54) is 37.0 Å². The fourth-order valence-corrected chi connectivity index (χ4v) is 7.35. The third-order valence-electron chi connectivity index (χ3n) is 6.42. The number of piperidine rings is 1. The number of carbonyl (C=O) groups excluding carboxylic acids is 1. The zero-order valence-corrected chi connectivity index (χ0v) is 17.4. The Morgan fingerprint density at radius 3 is 2.48 bits per heavy atom. The predicted molar refractivity (Wildman–Crippen MR) is 106 cm³/mol. The number of amides is 1. The molecule has 3 aliphatic rings. The van der Waals surface area contributed by atoms with Gasteiger partial charge in [-0.05, 0) is 36.1 Å². The van der Waals surface area contributed by atoms with Crippen LogP contribution in [0.2, 0.25) is 0 Å². The third kappa shape index (κ3) is 4.23. The molecule has 3 fully saturated rings. The van der Waals surface area contributed by atoms with Crippen LogP contribution >= 0.6 is 11.3 Å². The first-order valence-electron chi connectivity index (χ1n) is 10.1. The van der Waals surface area contributed by atoms with Crippen molar-refractivity contribution in [2.75, 3.05) is 45.8 Å². The molecule has 1 saturated carbocycles. The van der Waals surface area contributed by atoms with Gasteiger partial charge in [0, 0.05) is 39.3 Å². The molecule has 2 saturated heterocycles. The molecule has 4 rings (SSSR count). The lowest BCUT2D eigenvalue weighted by molar-refractivity contribution is -0.135. The highest BCUT2D eigenvalue weighted by atomic mass is 32.2. The van der Waals surface area contributed by atoms with Crippen LogP contribution in [-0.4, -0.2) is 74.2 Å². The Hall–Kier alpha value is -0.960. The summed E-state index contributed by atoms with van der Waals surface area (Å²) in [5, 5.41) is 1.79. The van der Waals surface area contributed by atoms with E-state index in [2.05, 4.69) is 9.80 Å². The zero-order chi connectivity index (χ0) is 18.9. The molecule has 2 atom stereocenters. The number of nitrogens with zero attached hydrogens (tertiary/aromatic N) is 3. The maximum absolute atomic E-state index is 12.8. The van der Waals surface area contributed by atoms with Crippen LogP contribution in [0.1, 0.15) is 32.1 Å². The maximum Gasteiger partial charge on any atom is 0.252 e. The van der Waals surface area contributed by atoms with Gasteiger partial charge >= 0.3 is 0 Å². The van der Waals surface area contributed by atoms with E-state index < -0.39 is 10.0 Å². The highest BCUT2D eigenvalue weighted by Gasteiger charge is 2.34. The highest BCUT2D eigenvalue weighted by Crippen LogP contribution is 2.36. The van der Waals surface area contributed by atoms with Gasteiger partial charge in [0.25, 0.3) is 10.0 Å². The number of fused-ring (bicyclic) bond motifs is 1. The minimum atomic E-state index is -3.37. The molecule has 1 amide bonds. The van der Waals surface area contributed by atoms with Gasteiger partial charge in [-0.3, -0.25) is 9.69 Å². The minimum Gasteiger partial charge on any atom is -0.341 e. The molecule has 0 unspecified atom stereocenters. The van der Waals surface area contributed by atoms with E-state index in [-0.39, 0.29) is 5.91 Å². The van der Waals surface area contributed by atoms with E-state index in [9.17, 15) is 13.2 Å². The second-order valence-corrected chi connectivity index (χ2v) is 11.2. The van der Waals surface area contributed by atoms with Gasteiger partial charge in [-0.2, -0.15) is 4.31 Å². The Morgan fingerprint density at radius 2 is 1.78 bits per heavy atom. The summed E-state index contributed by atoms with van der Waals surface area (Å²) < 4.78 is 27.2. The summed E-state index contributed by atoms with van der Waals surface area (Å²) in [7, 11) is -3.37. The summed E-state index contributed by atoms with van der Waals surface area (Å²) in [6.45, 7) is 4.40. The molecule has 1 aromatic heterocycles. The van der Waals surface area contributed by atoms with Crippen molar-refractivity contribution in [3.63, 3.8) is 0 Å². The number of likely N-dealkylation sites (tertiary alicyclic amines) is 1. The van der Waals surface area contributed by atoms with Crippen LogP contribution in [0.4, 0.5) is 0 Å². The maximum atomic E-state index is 12.8. The van der Waals surface area contributed by atoms with E-state index in [1.54, 1.807) is 21.8 Å². The minimum absolute atomic E-state index is 0.216. The normalized spacial score (nSPS) is 28.1. The van der Waals surface area contributed by atoms with Crippen molar-refractivity contribution >= 4 is 27.3 Å². The van der Waals surface area contributed by atoms with E-state index >= 15 is 0 Å². The highest BCUT2D eigenvalue weighted by molar-refractivity contribution is 7.91. The van der Waals surface area contributed by atoms with Crippen molar-refractivity contribution in [2.45, 2.75) is 36.3 Å². The summed E-state index contributed by atoms with van der Waals surface area (Å²) in [6, 6.07) is 3.42. The van der Waals surface area contributed by atoms with Gasteiger partial charge in [-0.15, -0.1) is 11.3 Å². The van der Waals surface area contributed by atoms with Gasteiger partial charge in [-0.25, -0.2) is 8.42 Å². The average Bonchev–Trinajstić information content (AvgIpc) is 3.24. The number of hydrogen-bond acceptors (Lipinski definition) is 5. The Kier molecular flexibility index (Phi) is 5.87. The molecule has 0 N–H and O–H groups in total. The quantitative estimate of drug-likeness (QED) is 0.761. The molecule has 0 radical (unpaired) electrons. The summed E-state index contributed by atoms with van der Waals surface area (Å²) in [6.07, 6.45) is 6.43. The second-order valence-electron chi connectivity index (χ2n) is 8.05. The summed E-state index contributed by atoms with van der Waals surface area (Å²) in [5.74, 6) is 1.74. The zero-order valence-electron chi connectivity index (χ0n) is 15.8. The first-order valence-corrected chi connectivity index (χ1v) is 12.4. The Bertz CT molecular complexity index is 742. The van der Waals surface area contributed by atoms with Crippen molar-refractivity contribution < 1.29 is 13.2 Å². The van der Waals surface area contributed by atoms with Gasteiger partial charge < -0.3 is 4.90 Å². The van der Waals surface area contributed by atoms with Crippen LogP contribution in [0.25, 0.3) is 0 Å². The molecule has 0 spiro atoms. The van der Waals surface area contributed by atoms with Gasteiger partial charge in [-0.1, -0.05) is 25.3 Å². The standard InChI is InChI=1S/C19H29N3O3S2/c23-18(21-8-7-16-4-1-2-5-17(16)14-21)15-20-9-11-22(12-10-20)27(24,25)19-6-3-13-26-19/h3,6,13,16-17H,1-2,4-5,7-12,14-15H2/t16-,17+/m0/s1. The van der Waals surface area contributed by atoms with Crippen molar-refractivity contribution in [3.05, 3.63) is 17.5 Å². The van der Waals surface area contributed by atoms with E-state index in [0.29, 0.717) is 42.9 Å². The van der Waals surface area contributed by atoms with Crippen molar-refractivity contribution in [3.8, 4) is 0 Å². The van der Waals surface area contributed by atoms with E-state index in [0.717, 1.165) is 25.4 Å². The van der Waals surface area contributed by atoms with Gasteiger partial charge in [0.05, 0.1) is 6.54 Å². The first kappa shape index (κ1) is 19.4. The number of hydrogen-bond donors (Lipinski definition) is 0. The summed E-state index contributed by atoms with van der Waals surface area (Å²) in [4.78, 5) is 16.9. The van der Waals surface area contributed by atoms with Crippen molar-refractivity contribution in [1.82, 2.24) is 14.1 Å². The molecule has 1 aromatic rings. The molecular weight excluding hydrogens is 382 g/mol. The molecule has 3 heterocycles. The number of sulfonamides is 1. The fraction of sp³-hybridized carbons (Fsp3) is 0.737. The molecule has 2 aliphatic heterocycles. The lowest BCUT2D eigenvalue weighted by atomic mass is 9.75. The van der Waals surface area contributed by atoms with Gasteiger partial charge in [0.1, 0.15) is 4.21 Å². The van der Waals surface area contributed by atoms with E-state index in [1.807, 2.05) is 0 Å². The van der Waals surface area contributed by atoms with Gasteiger partial charge in [0.15, 0.2) is 0 Å². The molecule has 6 nitrogen and oxygen atoms in total. The molecule has 8 heteroatoms. The van der Waals surface area contributed by atoms with Crippen LogP contribution in [0.5, 0.6) is 0 Å². The predicted octanol–water partition coefficient (Wildman–Crippen LogP) is 2.09. The first-order chi connectivity index (χ1) is 13.0. The number of piperazine rings is 1. The molecule has 150 valence electrons. The van der Waals surface area contributed by atoms with Crippen LogP contribution in [0.15, 0.2) is 21.7 Å². The largest absolute Gasteiger partial charge is 0.341 e. The number of rotatable bonds is 4. The number of carbonyl (C=O) groups is 1. The average molecular weight is 412 g/mol. The second kappa shape index (κ2) is 8.19. The van der Waals surface area contributed by atoms with E-state index in [4.69, 9.17) is 0 Å². The monoisotopic (exact) mass is 411 g/mol.